The van der Waals surface area contributed by atoms with Gasteiger partial charge in [-0.3, -0.25) is 4.90 Å². The van der Waals surface area contributed by atoms with Gasteiger partial charge in [0.05, 0.1) is 23.4 Å². The molecule has 1 atom stereocenters. The van der Waals surface area contributed by atoms with Crippen molar-refractivity contribution >= 4 is 38.3 Å². The molecular weight excluding hydrogens is 480 g/mol. The van der Waals surface area contributed by atoms with Crippen molar-refractivity contribution in [1.82, 2.24) is 25.2 Å². The Labute approximate surface area is 222 Å². The molecule has 0 unspecified atom stereocenters. The molecule has 1 aromatic carbocycles. The number of anilines is 1. The maximum atomic E-state index is 5.67. The zero-order chi connectivity index (χ0) is 24.6. The first-order valence-corrected chi connectivity index (χ1v) is 14.8. The zero-order valence-corrected chi connectivity index (χ0v) is 22.2. The molecule has 194 valence electrons. The number of hydrogen-bond acceptors (Lipinski definition) is 7. The average Bonchev–Trinajstić information content (AvgIpc) is 3.60. The first-order valence-electron chi connectivity index (χ1n) is 14.0. The van der Waals surface area contributed by atoms with Crippen molar-refractivity contribution in [2.75, 3.05) is 50.8 Å². The highest BCUT2D eigenvalue weighted by atomic mass is 32.1. The van der Waals surface area contributed by atoms with E-state index in [1.54, 1.807) is 0 Å². The number of benzene rings is 1. The van der Waals surface area contributed by atoms with Gasteiger partial charge < -0.3 is 19.9 Å². The molecule has 0 saturated carbocycles. The Balaban J connectivity index is 1.26. The van der Waals surface area contributed by atoms with Crippen LogP contribution in [0.5, 0.6) is 0 Å². The van der Waals surface area contributed by atoms with E-state index in [2.05, 4.69) is 50.4 Å². The molecule has 8 heteroatoms. The van der Waals surface area contributed by atoms with Gasteiger partial charge in [-0.25, -0.2) is 9.97 Å². The molecule has 3 aliphatic rings. The molecule has 0 spiro atoms. The van der Waals surface area contributed by atoms with Crippen LogP contribution in [-0.4, -0.2) is 77.9 Å². The van der Waals surface area contributed by atoms with Crippen LogP contribution < -0.4 is 10.2 Å². The van der Waals surface area contributed by atoms with Gasteiger partial charge in [-0.15, -0.1) is 11.3 Å². The largest absolute Gasteiger partial charge is 0.378 e. The molecule has 0 radical (unpaired) electrons. The number of aromatic amines is 1. The lowest BCUT2D eigenvalue weighted by Gasteiger charge is -2.43. The molecule has 3 fully saturated rings. The summed E-state index contributed by atoms with van der Waals surface area (Å²) in [5, 5.41) is 4.72. The molecule has 3 saturated heterocycles. The molecule has 7 nitrogen and oxygen atoms in total. The molecule has 37 heavy (non-hydrogen) atoms. The van der Waals surface area contributed by atoms with Crippen molar-refractivity contribution in [3.63, 3.8) is 0 Å². The van der Waals surface area contributed by atoms with Crippen LogP contribution in [0.15, 0.2) is 36.5 Å². The van der Waals surface area contributed by atoms with E-state index in [1.165, 1.54) is 53.6 Å². The summed E-state index contributed by atoms with van der Waals surface area (Å²) in [4.78, 5) is 20.4. The van der Waals surface area contributed by atoms with Gasteiger partial charge in [0.1, 0.15) is 0 Å². The van der Waals surface area contributed by atoms with Crippen molar-refractivity contribution in [2.24, 2.45) is 0 Å². The highest BCUT2D eigenvalue weighted by molar-refractivity contribution is 7.19. The normalized spacial score (nSPS) is 22.3. The molecule has 0 bridgehead atoms. The van der Waals surface area contributed by atoms with Crippen LogP contribution in [0.25, 0.3) is 32.5 Å². The predicted molar refractivity (Wildman–Crippen MR) is 152 cm³/mol. The summed E-state index contributed by atoms with van der Waals surface area (Å²) in [6.45, 7) is 6.82. The van der Waals surface area contributed by atoms with Crippen molar-refractivity contribution < 1.29 is 4.74 Å². The molecule has 6 heterocycles. The highest BCUT2D eigenvalue weighted by Crippen LogP contribution is 2.37. The Morgan fingerprint density at radius 3 is 2.78 bits per heavy atom. The quantitative estimate of drug-likeness (QED) is 0.396. The third kappa shape index (κ3) is 4.65. The molecular formula is C29H36N6OS. The van der Waals surface area contributed by atoms with E-state index in [1.807, 2.05) is 17.5 Å². The third-order valence-electron chi connectivity index (χ3n) is 8.44. The number of ether oxygens (including phenoxy) is 1. The lowest BCUT2D eigenvalue weighted by molar-refractivity contribution is 0.0767. The number of rotatable bonds is 5. The number of thiophene rings is 1. The Bertz CT molecular complexity index is 1370. The standard InChI is InChI=1S/C29H36N6OS/c1-2-13-35(20-7-10-30-11-8-20)21(4-1)18-22-19-26-27(37-22)29(34-14-16-36-17-15-34)33-28(32-26)24-5-3-6-25-23(24)9-12-31-25/h3,5-6,9,12,19-21,30-31H,1-2,4,7-8,10-11,13-18H2/t21-/m1/s1. The van der Waals surface area contributed by atoms with Crippen molar-refractivity contribution in [3.05, 3.63) is 41.4 Å². The van der Waals surface area contributed by atoms with Crippen molar-refractivity contribution in [3.8, 4) is 11.4 Å². The average molecular weight is 517 g/mol. The van der Waals surface area contributed by atoms with E-state index in [0.29, 0.717) is 6.04 Å². The summed E-state index contributed by atoms with van der Waals surface area (Å²) < 4.78 is 6.90. The van der Waals surface area contributed by atoms with E-state index in [4.69, 9.17) is 14.7 Å². The number of likely N-dealkylation sites (tertiary alicyclic amines) is 1. The number of aromatic nitrogens is 3. The lowest BCUT2D eigenvalue weighted by atomic mass is 9.93. The third-order valence-corrected chi connectivity index (χ3v) is 9.58. The molecule has 7 rings (SSSR count). The second-order valence-corrected chi connectivity index (χ2v) is 11.9. The summed E-state index contributed by atoms with van der Waals surface area (Å²) in [7, 11) is 0. The van der Waals surface area contributed by atoms with Crippen LogP contribution in [0.1, 0.15) is 37.0 Å². The summed E-state index contributed by atoms with van der Waals surface area (Å²) >= 11 is 1.92. The maximum absolute atomic E-state index is 5.67. The van der Waals surface area contributed by atoms with Gasteiger partial charge in [-0.05, 0) is 69.9 Å². The van der Waals surface area contributed by atoms with E-state index in [0.717, 1.165) is 80.1 Å². The summed E-state index contributed by atoms with van der Waals surface area (Å²) in [6.07, 6.45) is 9.68. The SMILES string of the molecule is c1cc(-c2nc(N3CCOCC3)c3sc(C[C@H]4CCCCN4C4CCNCC4)cc3n2)c2cc[nH]c2c1. The first-order chi connectivity index (χ1) is 18.3. The van der Waals surface area contributed by atoms with Crippen molar-refractivity contribution in [2.45, 2.75) is 50.6 Å². The van der Waals surface area contributed by atoms with E-state index >= 15 is 0 Å². The minimum atomic E-state index is 0.637. The minimum absolute atomic E-state index is 0.637. The molecule has 0 amide bonds. The minimum Gasteiger partial charge on any atom is -0.378 e. The zero-order valence-electron chi connectivity index (χ0n) is 21.4. The number of H-pyrrole nitrogens is 1. The smallest absolute Gasteiger partial charge is 0.162 e. The fourth-order valence-corrected chi connectivity index (χ4v) is 7.73. The summed E-state index contributed by atoms with van der Waals surface area (Å²) in [6, 6.07) is 12.2. The fourth-order valence-electron chi connectivity index (χ4n) is 6.55. The van der Waals surface area contributed by atoms with Crippen LogP contribution in [0.2, 0.25) is 0 Å². The second kappa shape index (κ2) is 10.3. The van der Waals surface area contributed by atoms with Gasteiger partial charge in [-0.1, -0.05) is 18.6 Å². The lowest BCUT2D eigenvalue weighted by Crippen LogP contribution is -2.50. The summed E-state index contributed by atoms with van der Waals surface area (Å²) in [5.41, 5.74) is 3.30. The van der Waals surface area contributed by atoms with Gasteiger partial charge >= 0.3 is 0 Å². The van der Waals surface area contributed by atoms with Gasteiger partial charge in [0.15, 0.2) is 11.6 Å². The topological polar surface area (TPSA) is 69.3 Å². The molecule has 2 N–H and O–H groups in total. The Morgan fingerprint density at radius 2 is 1.89 bits per heavy atom. The van der Waals surface area contributed by atoms with E-state index in [-0.39, 0.29) is 0 Å². The van der Waals surface area contributed by atoms with Crippen molar-refractivity contribution in [1.29, 1.82) is 0 Å². The van der Waals surface area contributed by atoms with Crippen LogP contribution in [0.4, 0.5) is 5.82 Å². The second-order valence-electron chi connectivity index (χ2n) is 10.7. The number of nitrogens with one attached hydrogen (secondary N) is 2. The number of hydrogen-bond donors (Lipinski definition) is 2. The van der Waals surface area contributed by atoms with Crippen LogP contribution in [0.3, 0.4) is 0 Å². The maximum Gasteiger partial charge on any atom is 0.162 e. The number of morpholine rings is 1. The van der Waals surface area contributed by atoms with Crippen LogP contribution in [0, 0.1) is 0 Å². The number of fused-ring (bicyclic) bond motifs is 2. The van der Waals surface area contributed by atoms with E-state index < -0.39 is 0 Å². The number of nitrogens with zero attached hydrogens (tertiary/aromatic N) is 4. The fraction of sp³-hybridized carbons (Fsp3) is 0.517. The first kappa shape index (κ1) is 23.6. The van der Waals surface area contributed by atoms with Crippen LogP contribution >= 0.6 is 11.3 Å². The Kier molecular flexibility index (Phi) is 6.58. The molecule has 3 aliphatic heterocycles. The van der Waals surface area contributed by atoms with Crippen LogP contribution in [-0.2, 0) is 11.2 Å². The predicted octanol–water partition coefficient (Wildman–Crippen LogP) is 4.83. The monoisotopic (exact) mass is 516 g/mol. The summed E-state index contributed by atoms with van der Waals surface area (Å²) in [5.74, 6) is 1.89. The van der Waals surface area contributed by atoms with Gasteiger partial charge in [0.2, 0.25) is 0 Å². The molecule has 4 aromatic rings. The Hall–Kier alpha value is -2.52. The highest BCUT2D eigenvalue weighted by Gasteiger charge is 2.30. The van der Waals surface area contributed by atoms with E-state index in [9.17, 15) is 0 Å². The van der Waals surface area contributed by atoms with Gasteiger partial charge in [-0.2, -0.15) is 0 Å². The molecule has 3 aromatic heterocycles. The van der Waals surface area contributed by atoms with Gasteiger partial charge in [0.25, 0.3) is 0 Å². The molecule has 0 aliphatic carbocycles. The number of piperidine rings is 2. The Morgan fingerprint density at radius 1 is 1.00 bits per heavy atom. The van der Waals surface area contributed by atoms with Gasteiger partial charge in [0, 0.05) is 52.7 Å².